The van der Waals surface area contributed by atoms with Crippen LogP contribution in [0.5, 0.6) is 0 Å². The van der Waals surface area contributed by atoms with E-state index >= 15 is 0 Å². The SMILES string of the molecule is CC1(c2ccc(F)cc2)COCCN1c1ncn[nH]1. The Labute approximate surface area is 110 Å². The quantitative estimate of drug-likeness (QED) is 0.895. The summed E-state index contributed by atoms with van der Waals surface area (Å²) in [7, 11) is 0. The molecule has 2 heterocycles. The molecule has 2 aromatic rings. The molecule has 1 aromatic carbocycles. The third kappa shape index (κ3) is 2.08. The number of anilines is 1. The van der Waals surface area contributed by atoms with Crippen molar-refractivity contribution in [3.63, 3.8) is 0 Å². The van der Waals surface area contributed by atoms with E-state index in [4.69, 9.17) is 4.74 Å². The molecule has 1 saturated heterocycles. The van der Waals surface area contributed by atoms with Crippen LogP contribution in [0.25, 0.3) is 0 Å². The molecule has 0 bridgehead atoms. The molecular weight excluding hydrogens is 247 g/mol. The molecule has 0 amide bonds. The van der Waals surface area contributed by atoms with Crippen LogP contribution < -0.4 is 4.90 Å². The van der Waals surface area contributed by atoms with E-state index in [1.54, 1.807) is 12.1 Å². The molecule has 1 N–H and O–H groups in total. The van der Waals surface area contributed by atoms with Crippen LogP contribution in [0.1, 0.15) is 12.5 Å². The molecule has 100 valence electrons. The lowest BCUT2D eigenvalue weighted by Crippen LogP contribution is -2.53. The number of morpholine rings is 1. The lowest BCUT2D eigenvalue weighted by atomic mass is 9.90. The molecule has 19 heavy (non-hydrogen) atoms. The monoisotopic (exact) mass is 262 g/mol. The summed E-state index contributed by atoms with van der Waals surface area (Å²) in [6.45, 7) is 3.93. The second kappa shape index (κ2) is 4.62. The largest absolute Gasteiger partial charge is 0.377 e. The Morgan fingerprint density at radius 3 is 2.84 bits per heavy atom. The highest BCUT2D eigenvalue weighted by Crippen LogP contribution is 2.33. The Morgan fingerprint density at radius 1 is 1.37 bits per heavy atom. The second-order valence-electron chi connectivity index (χ2n) is 4.79. The van der Waals surface area contributed by atoms with Gasteiger partial charge in [-0.05, 0) is 24.6 Å². The molecule has 1 fully saturated rings. The van der Waals surface area contributed by atoms with Crippen LogP contribution in [-0.4, -0.2) is 34.9 Å². The van der Waals surface area contributed by atoms with Crippen molar-refractivity contribution in [2.75, 3.05) is 24.7 Å². The molecule has 1 aromatic heterocycles. The summed E-state index contributed by atoms with van der Waals surface area (Å²) in [5.41, 5.74) is 0.607. The third-order valence-electron chi connectivity index (χ3n) is 3.56. The number of ether oxygens (including phenoxy) is 1. The molecule has 6 heteroatoms. The minimum atomic E-state index is -0.383. The Kier molecular flexibility index (Phi) is 2.94. The van der Waals surface area contributed by atoms with Crippen LogP contribution in [0.15, 0.2) is 30.6 Å². The second-order valence-corrected chi connectivity index (χ2v) is 4.79. The van der Waals surface area contributed by atoms with Gasteiger partial charge in [-0.25, -0.2) is 9.49 Å². The van der Waals surface area contributed by atoms with Crippen molar-refractivity contribution in [3.05, 3.63) is 42.0 Å². The van der Waals surface area contributed by atoms with Gasteiger partial charge in [-0.2, -0.15) is 10.1 Å². The predicted molar refractivity (Wildman–Crippen MR) is 68.3 cm³/mol. The minimum absolute atomic E-state index is 0.240. The Balaban J connectivity index is 2.00. The van der Waals surface area contributed by atoms with Crippen LogP contribution in [0.3, 0.4) is 0 Å². The topological polar surface area (TPSA) is 54.0 Å². The summed E-state index contributed by atoms with van der Waals surface area (Å²) >= 11 is 0. The van der Waals surface area contributed by atoms with Gasteiger partial charge in [0.1, 0.15) is 12.1 Å². The van der Waals surface area contributed by atoms with Gasteiger partial charge in [-0.1, -0.05) is 12.1 Å². The van der Waals surface area contributed by atoms with Crippen molar-refractivity contribution in [2.24, 2.45) is 0 Å². The lowest BCUT2D eigenvalue weighted by Gasteiger charge is -2.44. The van der Waals surface area contributed by atoms with Crippen molar-refractivity contribution in [1.29, 1.82) is 0 Å². The van der Waals surface area contributed by atoms with Gasteiger partial charge in [0.2, 0.25) is 5.95 Å². The zero-order valence-electron chi connectivity index (χ0n) is 10.6. The molecule has 5 nitrogen and oxygen atoms in total. The zero-order chi connectivity index (χ0) is 13.3. The fourth-order valence-corrected chi connectivity index (χ4v) is 2.47. The third-order valence-corrected chi connectivity index (χ3v) is 3.56. The lowest BCUT2D eigenvalue weighted by molar-refractivity contribution is 0.0548. The van der Waals surface area contributed by atoms with Crippen LogP contribution in [0.2, 0.25) is 0 Å². The summed E-state index contributed by atoms with van der Waals surface area (Å²) in [6, 6.07) is 6.50. The van der Waals surface area contributed by atoms with Crippen LogP contribution in [0, 0.1) is 5.82 Å². The number of aromatic amines is 1. The van der Waals surface area contributed by atoms with Gasteiger partial charge in [-0.3, -0.25) is 0 Å². The van der Waals surface area contributed by atoms with Crippen LogP contribution in [-0.2, 0) is 10.3 Å². The maximum absolute atomic E-state index is 13.1. The number of nitrogens with zero attached hydrogens (tertiary/aromatic N) is 3. The number of halogens is 1. The van der Waals surface area contributed by atoms with E-state index < -0.39 is 0 Å². The average molecular weight is 262 g/mol. The molecule has 1 aliphatic rings. The highest BCUT2D eigenvalue weighted by molar-refractivity contribution is 5.41. The molecule has 3 rings (SSSR count). The van der Waals surface area contributed by atoms with E-state index in [1.165, 1.54) is 18.5 Å². The molecule has 1 unspecified atom stereocenters. The normalized spacial score (nSPS) is 23.6. The van der Waals surface area contributed by atoms with Crippen molar-refractivity contribution in [2.45, 2.75) is 12.5 Å². The number of hydrogen-bond donors (Lipinski definition) is 1. The maximum Gasteiger partial charge on any atom is 0.221 e. The van der Waals surface area contributed by atoms with Gasteiger partial charge in [0.05, 0.1) is 18.8 Å². The number of rotatable bonds is 2. The van der Waals surface area contributed by atoms with E-state index in [9.17, 15) is 4.39 Å². The molecule has 0 saturated carbocycles. The first-order valence-corrected chi connectivity index (χ1v) is 6.17. The van der Waals surface area contributed by atoms with Gasteiger partial charge in [0, 0.05) is 6.54 Å². The Hall–Kier alpha value is -1.95. The summed E-state index contributed by atoms with van der Waals surface area (Å²) in [6.07, 6.45) is 1.48. The summed E-state index contributed by atoms with van der Waals surface area (Å²) in [4.78, 5) is 6.32. The first-order chi connectivity index (χ1) is 9.20. The minimum Gasteiger partial charge on any atom is -0.377 e. The average Bonchev–Trinajstić information content (AvgIpc) is 2.93. The van der Waals surface area contributed by atoms with Gasteiger partial charge >= 0.3 is 0 Å². The molecule has 1 aliphatic heterocycles. The number of aromatic nitrogens is 3. The predicted octanol–water partition coefficient (Wildman–Crippen LogP) is 1.70. The van der Waals surface area contributed by atoms with E-state index in [0.29, 0.717) is 25.7 Å². The summed E-state index contributed by atoms with van der Waals surface area (Å²) in [5, 5.41) is 6.77. The summed E-state index contributed by atoms with van der Waals surface area (Å²) < 4.78 is 18.7. The Morgan fingerprint density at radius 2 is 2.16 bits per heavy atom. The fourth-order valence-electron chi connectivity index (χ4n) is 2.47. The molecule has 0 aliphatic carbocycles. The Bertz CT molecular complexity index is 542. The fraction of sp³-hybridized carbons (Fsp3) is 0.385. The van der Waals surface area contributed by atoms with Crippen molar-refractivity contribution in [1.82, 2.24) is 15.2 Å². The van der Waals surface area contributed by atoms with Crippen LogP contribution >= 0.6 is 0 Å². The zero-order valence-corrected chi connectivity index (χ0v) is 10.6. The van der Waals surface area contributed by atoms with E-state index in [-0.39, 0.29) is 11.4 Å². The van der Waals surface area contributed by atoms with Crippen molar-refractivity contribution in [3.8, 4) is 0 Å². The van der Waals surface area contributed by atoms with Crippen LogP contribution in [0.4, 0.5) is 10.3 Å². The first kappa shape index (κ1) is 12.1. The van der Waals surface area contributed by atoms with Gasteiger partial charge in [-0.15, -0.1) is 0 Å². The number of benzene rings is 1. The highest BCUT2D eigenvalue weighted by Gasteiger charge is 2.38. The van der Waals surface area contributed by atoms with Gasteiger partial charge in [0.15, 0.2) is 0 Å². The molecular formula is C13H15FN4O. The summed E-state index contributed by atoms with van der Waals surface area (Å²) in [5.74, 6) is 0.463. The highest BCUT2D eigenvalue weighted by atomic mass is 19.1. The van der Waals surface area contributed by atoms with Gasteiger partial charge in [0.25, 0.3) is 0 Å². The van der Waals surface area contributed by atoms with E-state index in [0.717, 1.165) is 5.56 Å². The standard InChI is InChI=1S/C13H15FN4O/c1-13(10-2-4-11(14)5-3-10)8-19-7-6-18(13)12-15-9-16-17-12/h2-5,9H,6-8H2,1H3,(H,15,16,17). The number of H-pyrrole nitrogens is 1. The first-order valence-electron chi connectivity index (χ1n) is 6.17. The maximum atomic E-state index is 13.1. The van der Waals surface area contributed by atoms with E-state index in [1.807, 2.05) is 0 Å². The van der Waals surface area contributed by atoms with Gasteiger partial charge < -0.3 is 9.64 Å². The van der Waals surface area contributed by atoms with Crippen molar-refractivity contribution < 1.29 is 9.13 Å². The van der Waals surface area contributed by atoms with E-state index in [2.05, 4.69) is 27.0 Å². The number of hydrogen-bond acceptors (Lipinski definition) is 4. The molecule has 0 radical (unpaired) electrons. The van der Waals surface area contributed by atoms with Crippen molar-refractivity contribution >= 4 is 5.95 Å². The number of nitrogens with one attached hydrogen (secondary N) is 1. The smallest absolute Gasteiger partial charge is 0.221 e. The molecule has 1 atom stereocenters. The molecule has 0 spiro atoms.